The normalized spacial score (nSPS) is 12.8. The lowest BCUT2D eigenvalue weighted by Gasteiger charge is -2.02. The molecule has 0 saturated heterocycles. The second kappa shape index (κ2) is 3.89. The number of hydrogen-bond donors (Lipinski definition) is 0. The number of allylic oxidation sites excluding steroid dienone is 1. The fourth-order valence-corrected chi connectivity index (χ4v) is 2.66. The minimum absolute atomic E-state index is 1.08. The van der Waals surface area contributed by atoms with Crippen LogP contribution in [0.5, 0.6) is 0 Å². The van der Waals surface area contributed by atoms with Crippen molar-refractivity contribution < 1.29 is 0 Å². The summed E-state index contributed by atoms with van der Waals surface area (Å²) < 4.78 is 0. The highest BCUT2D eigenvalue weighted by Gasteiger charge is 2.17. The molecule has 0 fully saturated rings. The highest BCUT2D eigenvalue weighted by atomic mass is 14.2. The van der Waals surface area contributed by atoms with Gasteiger partial charge in [0.1, 0.15) is 0 Å². The van der Waals surface area contributed by atoms with Gasteiger partial charge in [0.25, 0.3) is 0 Å². The molecular weight excluding hydrogens is 204 g/mol. The van der Waals surface area contributed by atoms with Crippen molar-refractivity contribution in [3.63, 3.8) is 0 Å². The zero-order valence-electron chi connectivity index (χ0n) is 10.3. The monoisotopic (exact) mass is 220 g/mol. The molecule has 0 saturated carbocycles. The van der Waals surface area contributed by atoms with Crippen LogP contribution in [0.3, 0.4) is 0 Å². The van der Waals surface area contributed by atoms with Crippen molar-refractivity contribution in [2.45, 2.75) is 20.3 Å². The first-order valence-corrected chi connectivity index (χ1v) is 6.13. The van der Waals surface area contributed by atoms with E-state index in [1.807, 2.05) is 0 Å². The van der Waals surface area contributed by atoms with E-state index >= 15 is 0 Å². The number of benzene rings is 2. The SMILES string of the molecule is C/C=C/c1ccc2c(c1)Cc1cc(C)ccc1-2. The first kappa shape index (κ1) is 10.3. The summed E-state index contributed by atoms with van der Waals surface area (Å²) in [7, 11) is 0. The molecule has 0 unspecified atom stereocenters. The van der Waals surface area contributed by atoms with Gasteiger partial charge in [0.05, 0.1) is 0 Å². The van der Waals surface area contributed by atoms with Crippen LogP contribution in [0.1, 0.15) is 29.2 Å². The van der Waals surface area contributed by atoms with Crippen LogP contribution in [0.15, 0.2) is 42.5 Å². The molecule has 1 aliphatic carbocycles. The predicted octanol–water partition coefficient (Wildman–Crippen LogP) is 4.60. The number of rotatable bonds is 1. The Bertz CT molecular complexity index is 603. The summed E-state index contributed by atoms with van der Waals surface area (Å²) in [6.07, 6.45) is 5.33. The van der Waals surface area contributed by atoms with Crippen molar-refractivity contribution in [1.82, 2.24) is 0 Å². The number of hydrogen-bond acceptors (Lipinski definition) is 0. The van der Waals surface area contributed by atoms with Crippen LogP contribution in [-0.2, 0) is 6.42 Å². The van der Waals surface area contributed by atoms with E-state index in [1.165, 1.54) is 33.4 Å². The lowest BCUT2D eigenvalue weighted by molar-refractivity contribution is 1.25. The zero-order chi connectivity index (χ0) is 11.8. The van der Waals surface area contributed by atoms with Gasteiger partial charge in [-0.25, -0.2) is 0 Å². The molecule has 0 aromatic heterocycles. The lowest BCUT2D eigenvalue weighted by atomic mass is 10.0. The van der Waals surface area contributed by atoms with E-state index in [-0.39, 0.29) is 0 Å². The van der Waals surface area contributed by atoms with Crippen LogP contribution >= 0.6 is 0 Å². The van der Waals surface area contributed by atoms with Gasteiger partial charge in [0.2, 0.25) is 0 Å². The summed E-state index contributed by atoms with van der Waals surface area (Å²) in [6, 6.07) is 13.5. The molecule has 2 aromatic rings. The third-order valence-electron chi connectivity index (χ3n) is 3.42. The van der Waals surface area contributed by atoms with Crippen LogP contribution in [0.2, 0.25) is 0 Å². The molecular formula is C17H16. The molecule has 0 radical (unpaired) electrons. The van der Waals surface area contributed by atoms with Gasteiger partial charge in [-0.2, -0.15) is 0 Å². The minimum atomic E-state index is 1.08. The fraction of sp³-hybridized carbons (Fsp3) is 0.176. The van der Waals surface area contributed by atoms with Gasteiger partial charge in [-0.15, -0.1) is 0 Å². The third-order valence-corrected chi connectivity index (χ3v) is 3.42. The van der Waals surface area contributed by atoms with Crippen molar-refractivity contribution in [1.29, 1.82) is 0 Å². The maximum absolute atomic E-state index is 2.31. The van der Waals surface area contributed by atoms with Gasteiger partial charge >= 0.3 is 0 Å². The average molecular weight is 220 g/mol. The fourth-order valence-electron chi connectivity index (χ4n) is 2.66. The Labute approximate surface area is 103 Å². The molecule has 84 valence electrons. The summed E-state index contributed by atoms with van der Waals surface area (Å²) in [5.74, 6) is 0. The Morgan fingerprint density at radius 1 is 0.941 bits per heavy atom. The van der Waals surface area contributed by atoms with Crippen molar-refractivity contribution in [2.24, 2.45) is 0 Å². The molecule has 0 heterocycles. The van der Waals surface area contributed by atoms with E-state index in [1.54, 1.807) is 0 Å². The summed E-state index contributed by atoms with van der Waals surface area (Å²) >= 11 is 0. The topological polar surface area (TPSA) is 0 Å². The van der Waals surface area contributed by atoms with Gasteiger partial charge in [-0.1, -0.05) is 54.1 Å². The third kappa shape index (κ3) is 1.70. The van der Waals surface area contributed by atoms with E-state index in [0.717, 1.165) is 6.42 Å². The van der Waals surface area contributed by atoms with Crippen LogP contribution < -0.4 is 0 Å². The molecule has 0 aliphatic heterocycles. The average Bonchev–Trinajstić information content (AvgIpc) is 2.65. The Morgan fingerprint density at radius 2 is 1.65 bits per heavy atom. The molecule has 0 amide bonds. The van der Waals surface area contributed by atoms with Gasteiger partial charge in [0, 0.05) is 0 Å². The smallest absolute Gasteiger partial charge is 0.00131 e. The molecule has 0 N–H and O–H groups in total. The van der Waals surface area contributed by atoms with Crippen molar-refractivity contribution in [3.8, 4) is 11.1 Å². The summed E-state index contributed by atoms with van der Waals surface area (Å²) in [5.41, 5.74) is 8.41. The minimum Gasteiger partial charge on any atom is -0.0871 e. The van der Waals surface area contributed by atoms with E-state index in [0.29, 0.717) is 0 Å². The highest BCUT2D eigenvalue weighted by Crippen LogP contribution is 2.37. The molecule has 0 bridgehead atoms. The summed E-state index contributed by atoms with van der Waals surface area (Å²) in [5, 5.41) is 0. The molecule has 2 aromatic carbocycles. The Hall–Kier alpha value is -1.82. The molecule has 17 heavy (non-hydrogen) atoms. The van der Waals surface area contributed by atoms with E-state index in [9.17, 15) is 0 Å². The van der Waals surface area contributed by atoms with Crippen LogP contribution in [0.25, 0.3) is 17.2 Å². The standard InChI is InChI=1S/C17H16/c1-3-4-13-6-8-17-15(10-13)11-14-9-12(2)5-7-16(14)17/h3-10H,11H2,1-2H3/b4-3+. The predicted molar refractivity (Wildman–Crippen MR) is 74.1 cm³/mol. The number of aryl methyl sites for hydroxylation is 1. The quantitative estimate of drug-likeness (QED) is 0.562. The molecule has 1 aliphatic rings. The second-order valence-electron chi connectivity index (χ2n) is 4.75. The summed E-state index contributed by atoms with van der Waals surface area (Å²) in [6.45, 7) is 4.22. The van der Waals surface area contributed by atoms with E-state index < -0.39 is 0 Å². The molecule has 3 rings (SSSR count). The molecule has 0 nitrogen and oxygen atoms in total. The molecule has 0 spiro atoms. The first-order valence-electron chi connectivity index (χ1n) is 6.13. The van der Waals surface area contributed by atoms with Crippen LogP contribution in [0.4, 0.5) is 0 Å². The zero-order valence-corrected chi connectivity index (χ0v) is 10.3. The Kier molecular flexibility index (Phi) is 2.36. The van der Waals surface area contributed by atoms with E-state index in [2.05, 4.69) is 62.4 Å². The van der Waals surface area contributed by atoms with Gasteiger partial charge in [0.15, 0.2) is 0 Å². The van der Waals surface area contributed by atoms with Crippen molar-refractivity contribution >= 4 is 6.08 Å². The van der Waals surface area contributed by atoms with Gasteiger partial charge in [-0.3, -0.25) is 0 Å². The second-order valence-corrected chi connectivity index (χ2v) is 4.75. The maximum Gasteiger partial charge on any atom is -0.00131 e. The van der Waals surface area contributed by atoms with Gasteiger partial charge < -0.3 is 0 Å². The van der Waals surface area contributed by atoms with E-state index in [4.69, 9.17) is 0 Å². The lowest BCUT2D eigenvalue weighted by Crippen LogP contribution is -1.82. The Balaban J connectivity index is 2.12. The maximum atomic E-state index is 2.31. The molecule has 0 atom stereocenters. The van der Waals surface area contributed by atoms with Crippen molar-refractivity contribution in [2.75, 3.05) is 0 Å². The van der Waals surface area contributed by atoms with Gasteiger partial charge in [-0.05, 0) is 48.1 Å². The Morgan fingerprint density at radius 3 is 2.41 bits per heavy atom. The number of fused-ring (bicyclic) bond motifs is 3. The highest BCUT2D eigenvalue weighted by molar-refractivity contribution is 5.78. The summed E-state index contributed by atoms with van der Waals surface area (Å²) in [4.78, 5) is 0. The van der Waals surface area contributed by atoms with Crippen molar-refractivity contribution in [3.05, 3.63) is 64.7 Å². The van der Waals surface area contributed by atoms with Crippen LogP contribution in [0, 0.1) is 6.92 Å². The molecule has 0 heteroatoms. The first-order chi connectivity index (χ1) is 8.28. The largest absolute Gasteiger partial charge is 0.0871 e. The van der Waals surface area contributed by atoms with Crippen LogP contribution in [-0.4, -0.2) is 0 Å².